The number of carboxylic acids is 1. The van der Waals surface area contributed by atoms with Gasteiger partial charge in [-0.25, -0.2) is 8.42 Å². The SMILES string of the molecule is O=C(O)CN(c1ccccc1Cl)S(=O)(=O)c1cccc([N+](=O)[O-])c1. The summed E-state index contributed by atoms with van der Waals surface area (Å²) in [6, 6.07) is 10.2. The van der Waals surface area contributed by atoms with Crippen LogP contribution in [0.4, 0.5) is 11.4 Å². The van der Waals surface area contributed by atoms with E-state index in [1.54, 1.807) is 6.07 Å². The van der Waals surface area contributed by atoms with Gasteiger partial charge in [-0.3, -0.25) is 19.2 Å². The molecule has 0 saturated heterocycles. The summed E-state index contributed by atoms with van der Waals surface area (Å²) in [5.41, 5.74) is -0.460. The van der Waals surface area contributed by atoms with Crippen molar-refractivity contribution in [2.45, 2.75) is 4.90 Å². The molecule has 1 N–H and O–H groups in total. The predicted molar refractivity (Wildman–Crippen MR) is 86.7 cm³/mol. The molecule has 0 aliphatic rings. The van der Waals surface area contributed by atoms with Crippen molar-refractivity contribution in [1.29, 1.82) is 0 Å². The number of aliphatic carboxylic acids is 1. The minimum Gasteiger partial charge on any atom is -0.480 e. The number of hydrogen-bond donors (Lipinski definition) is 1. The highest BCUT2D eigenvalue weighted by Crippen LogP contribution is 2.31. The van der Waals surface area contributed by atoms with Gasteiger partial charge in [0, 0.05) is 12.1 Å². The summed E-state index contributed by atoms with van der Waals surface area (Å²) in [6.07, 6.45) is 0. The van der Waals surface area contributed by atoms with Crippen molar-refractivity contribution in [3.8, 4) is 0 Å². The Kier molecular flexibility index (Phi) is 5.05. The van der Waals surface area contributed by atoms with Crippen LogP contribution in [0.5, 0.6) is 0 Å². The maximum absolute atomic E-state index is 12.8. The highest BCUT2D eigenvalue weighted by Gasteiger charge is 2.29. The van der Waals surface area contributed by atoms with Crippen molar-refractivity contribution >= 4 is 39.0 Å². The second-order valence-corrected chi connectivity index (χ2v) is 6.88. The number of hydrogen-bond acceptors (Lipinski definition) is 5. The number of rotatable bonds is 6. The molecule has 2 aromatic rings. The number of carboxylic acid groups (broad SMARTS) is 1. The lowest BCUT2D eigenvalue weighted by Crippen LogP contribution is -2.36. The van der Waals surface area contributed by atoms with Crippen molar-refractivity contribution in [1.82, 2.24) is 0 Å². The fraction of sp³-hybridized carbons (Fsp3) is 0.0714. The van der Waals surface area contributed by atoms with E-state index in [0.717, 1.165) is 18.2 Å². The third kappa shape index (κ3) is 3.63. The number of sulfonamides is 1. The van der Waals surface area contributed by atoms with E-state index in [-0.39, 0.29) is 10.7 Å². The second kappa shape index (κ2) is 6.85. The summed E-state index contributed by atoms with van der Waals surface area (Å²) in [5, 5.41) is 19.9. The van der Waals surface area contributed by atoms with E-state index in [0.29, 0.717) is 4.31 Å². The third-order valence-electron chi connectivity index (χ3n) is 3.02. The lowest BCUT2D eigenvalue weighted by molar-refractivity contribution is -0.385. The Morgan fingerprint density at radius 3 is 2.46 bits per heavy atom. The number of halogens is 1. The quantitative estimate of drug-likeness (QED) is 0.616. The summed E-state index contributed by atoms with van der Waals surface area (Å²) in [6.45, 7) is -0.880. The zero-order chi connectivity index (χ0) is 17.9. The van der Waals surface area contributed by atoms with E-state index in [9.17, 15) is 23.3 Å². The van der Waals surface area contributed by atoms with Gasteiger partial charge in [-0.1, -0.05) is 29.8 Å². The average molecular weight is 371 g/mol. The molecule has 2 aromatic carbocycles. The summed E-state index contributed by atoms with van der Waals surface area (Å²) in [4.78, 5) is 20.8. The molecule has 0 aliphatic heterocycles. The van der Waals surface area contributed by atoms with Crippen LogP contribution < -0.4 is 4.31 Å². The van der Waals surface area contributed by atoms with E-state index in [2.05, 4.69) is 0 Å². The number of benzene rings is 2. The molecule has 10 heteroatoms. The first-order valence-electron chi connectivity index (χ1n) is 6.47. The predicted octanol–water partition coefficient (Wildman–Crippen LogP) is 2.53. The lowest BCUT2D eigenvalue weighted by atomic mass is 10.3. The lowest BCUT2D eigenvalue weighted by Gasteiger charge is -2.23. The maximum Gasteiger partial charge on any atom is 0.324 e. The molecule has 0 amide bonds. The van der Waals surface area contributed by atoms with Gasteiger partial charge >= 0.3 is 5.97 Å². The highest BCUT2D eigenvalue weighted by molar-refractivity contribution is 7.92. The minimum atomic E-state index is -4.36. The van der Waals surface area contributed by atoms with E-state index < -0.39 is 38.0 Å². The molecule has 8 nitrogen and oxygen atoms in total. The van der Waals surface area contributed by atoms with Crippen LogP contribution >= 0.6 is 11.6 Å². The molecule has 0 spiro atoms. The van der Waals surface area contributed by atoms with E-state index in [1.165, 1.54) is 24.3 Å². The van der Waals surface area contributed by atoms with E-state index in [1.807, 2.05) is 0 Å². The molecule has 0 aliphatic carbocycles. The Morgan fingerprint density at radius 2 is 1.88 bits per heavy atom. The van der Waals surface area contributed by atoms with E-state index in [4.69, 9.17) is 16.7 Å². The van der Waals surface area contributed by atoms with Gasteiger partial charge < -0.3 is 5.11 Å². The first-order chi connectivity index (χ1) is 11.2. The number of nitrogens with zero attached hydrogens (tertiary/aromatic N) is 2. The number of non-ortho nitro benzene ring substituents is 1. The molecule has 0 aromatic heterocycles. The molecule has 126 valence electrons. The van der Waals surface area contributed by atoms with Gasteiger partial charge in [0.25, 0.3) is 15.7 Å². The second-order valence-electron chi connectivity index (χ2n) is 4.61. The zero-order valence-electron chi connectivity index (χ0n) is 12.0. The largest absolute Gasteiger partial charge is 0.480 e. The first kappa shape index (κ1) is 17.7. The molecular formula is C14H11ClN2O6S. The number of nitro groups is 1. The first-order valence-corrected chi connectivity index (χ1v) is 8.29. The van der Waals surface area contributed by atoms with Gasteiger partial charge in [0.15, 0.2) is 0 Å². The number of para-hydroxylation sites is 1. The molecule has 2 rings (SSSR count). The molecule has 0 unspecified atom stereocenters. The highest BCUT2D eigenvalue weighted by atomic mass is 35.5. The Morgan fingerprint density at radius 1 is 1.21 bits per heavy atom. The summed E-state index contributed by atoms with van der Waals surface area (Å²) >= 11 is 5.97. The molecule has 0 radical (unpaired) electrons. The van der Waals surface area contributed by atoms with Crippen LogP contribution in [0.3, 0.4) is 0 Å². The summed E-state index contributed by atoms with van der Waals surface area (Å²) in [5.74, 6) is -1.40. The molecule has 0 saturated carbocycles. The van der Waals surface area contributed by atoms with Gasteiger partial charge in [0.2, 0.25) is 0 Å². The smallest absolute Gasteiger partial charge is 0.324 e. The number of nitro benzene ring substituents is 1. The van der Waals surface area contributed by atoms with Gasteiger partial charge in [0.1, 0.15) is 6.54 Å². The number of anilines is 1. The Labute approximate surface area is 142 Å². The van der Waals surface area contributed by atoms with Crippen LogP contribution in [0.15, 0.2) is 53.4 Å². The van der Waals surface area contributed by atoms with E-state index >= 15 is 0 Å². The molecular weight excluding hydrogens is 360 g/mol. The topological polar surface area (TPSA) is 118 Å². The van der Waals surface area contributed by atoms with Gasteiger partial charge in [-0.15, -0.1) is 0 Å². The molecule has 0 bridgehead atoms. The van der Waals surface area contributed by atoms with Crippen LogP contribution in [-0.2, 0) is 14.8 Å². The van der Waals surface area contributed by atoms with Crippen molar-refractivity contribution in [2.75, 3.05) is 10.8 Å². The fourth-order valence-electron chi connectivity index (χ4n) is 1.96. The monoisotopic (exact) mass is 370 g/mol. The van der Waals surface area contributed by atoms with Crippen LogP contribution in [-0.4, -0.2) is 31.0 Å². The summed E-state index contributed by atoms with van der Waals surface area (Å²) < 4.78 is 26.1. The summed E-state index contributed by atoms with van der Waals surface area (Å²) in [7, 11) is -4.36. The normalized spacial score (nSPS) is 11.0. The third-order valence-corrected chi connectivity index (χ3v) is 5.09. The van der Waals surface area contributed by atoms with Crippen molar-refractivity contribution in [2.24, 2.45) is 0 Å². The van der Waals surface area contributed by atoms with Crippen LogP contribution in [0, 0.1) is 10.1 Å². The molecule has 0 fully saturated rings. The Balaban J connectivity index is 2.60. The van der Waals surface area contributed by atoms with Gasteiger partial charge in [-0.2, -0.15) is 0 Å². The van der Waals surface area contributed by atoms with Crippen molar-refractivity contribution < 1.29 is 23.2 Å². The number of carbonyl (C=O) groups is 1. The zero-order valence-corrected chi connectivity index (χ0v) is 13.6. The van der Waals surface area contributed by atoms with Gasteiger partial charge in [0.05, 0.1) is 20.5 Å². The molecule has 0 atom stereocenters. The minimum absolute atomic E-state index is 0.0342. The van der Waals surface area contributed by atoms with Crippen molar-refractivity contribution in [3.63, 3.8) is 0 Å². The van der Waals surface area contributed by atoms with Crippen LogP contribution in [0.25, 0.3) is 0 Å². The van der Waals surface area contributed by atoms with Crippen LogP contribution in [0.1, 0.15) is 0 Å². The van der Waals surface area contributed by atoms with Crippen molar-refractivity contribution in [3.05, 3.63) is 63.7 Å². The van der Waals surface area contributed by atoms with Crippen LogP contribution in [0.2, 0.25) is 5.02 Å². The fourth-order valence-corrected chi connectivity index (χ4v) is 3.72. The molecule has 24 heavy (non-hydrogen) atoms. The Hall–Kier alpha value is -2.65. The maximum atomic E-state index is 12.8. The average Bonchev–Trinajstić information content (AvgIpc) is 2.53. The Bertz CT molecular complexity index is 900. The standard InChI is InChI=1S/C14H11ClN2O6S/c15-12-6-1-2-7-13(12)16(9-14(18)19)24(22,23)11-5-3-4-10(8-11)17(20)21/h1-8H,9H2,(H,18,19). The van der Waals surface area contributed by atoms with Gasteiger partial charge in [-0.05, 0) is 18.2 Å². The molecule has 0 heterocycles.